The highest BCUT2D eigenvalue weighted by Gasteiger charge is 2.22. The van der Waals surface area contributed by atoms with Crippen LogP contribution in [-0.4, -0.2) is 35.6 Å². The lowest BCUT2D eigenvalue weighted by Crippen LogP contribution is -2.40. The number of carbonyl (C=O) groups is 1. The minimum absolute atomic E-state index is 0.0176. The molecule has 1 aromatic heterocycles. The molecule has 0 spiro atoms. The van der Waals surface area contributed by atoms with E-state index in [1.54, 1.807) is 19.2 Å². The Morgan fingerprint density at radius 2 is 2.20 bits per heavy atom. The second kappa shape index (κ2) is 8.81. The molecule has 0 bridgehead atoms. The average molecular weight is 430 g/mol. The van der Waals surface area contributed by atoms with Gasteiger partial charge in [0, 0.05) is 29.2 Å². The topological polar surface area (TPSA) is 88.2 Å². The smallest absolute Gasteiger partial charge is 0.237 e. The first-order valence-corrected chi connectivity index (χ1v) is 9.98. The number of nitrogens with one attached hydrogen (secondary N) is 3. The van der Waals surface area contributed by atoms with Crippen molar-refractivity contribution in [2.75, 3.05) is 19.0 Å². The maximum atomic E-state index is 13.5. The Hall–Kier alpha value is -2.97. The number of methoxy groups -OCH3 is 1. The Bertz CT molecular complexity index is 1090. The molecule has 1 amide bonds. The van der Waals surface area contributed by atoms with E-state index in [9.17, 15) is 9.18 Å². The van der Waals surface area contributed by atoms with Crippen LogP contribution in [0.1, 0.15) is 18.4 Å². The van der Waals surface area contributed by atoms with E-state index < -0.39 is 5.82 Å². The van der Waals surface area contributed by atoms with E-state index in [0.29, 0.717) is 29.3 Å². The number of hydrogen-bond acceptors (Lipinski definition) is 6. The van der Waals surface area contributed by atoms with Crippen LogP contribution >= 0.6 is 11.6 Å². The molecule has 0 unspecified atom stereocenters. The lowest BCUT2D eigenvalue weighted by atomic mass is 10.1. The van der Waals surface area contributed by atoms with Gasteiger partial charge in [-0.1, -0.05) is 11.6 Å². The van der Waals surface area contributed by atoms with Crippen LogP contribution in [0.5, 0.6) is 5.75 Å². The molecule has 2 heterocycles. The SMILES string of the molecule is COc1cc2ncnc(Nc3ccc(F)c(Cl)c3)c2cc1CNC(=O)[C@H]1CCCN1. The van der Waals surface area contributed by atoms with Gasteiger partial charge in [0.2, 0.25) is 5.91 Å². The Morgan fingerprint density at radius 1 is 1.33 bits per heavy atom. The van der Waals surface area contributed by atoms with Crippen LogP contribution in [0.4, 0.5) is 15.9 Å². The van der Waals surface area contributed by atoms with Crippen LogP contribution in [0.25, 0.3) is 10.9 Å². The first kappa shape index (κ1) is 20.3. The number of hydrogen-bond donors (Lipinski definition) is 3. The molecule has 1 fully saturated rings. The molecule has 4 rings (SSSR count). The third-order valence-corrected chi connectivity index (χ3v) is 5.34. The summed E-state index contributed by atoms with van der Waals surface area (Å²) in [7, 11) is 1.58. The van der Waals surface area contributed by atoms with Gasteiger partial charge in [-0.05, 0) is 43.7 Å². The molecule has 1 aliphatic heterocycles. The van der Waals surface area contributed by atoms with E-state index in [2.05, 4.69) is 25.9 Å². The molecule has 1 atom stereocenters. The van der Waals surface area contributed by atoms with Gasteiger partial charge in [-0.3, -0.25) is 4.79 Å². The highest BCUT2D eigenvalue weighted by atomic mass is 35.5. The van der Waals surface area contributed by atoms with Gasteiger partial charge in [0.05, 0.1) is 23.7 Å². The maximum Gasteiger partial charge on any atom is 0.237 e. The third kappa shape index (κ3) is 4.29. The summed E-state index contributed by atoms with van der Waals surface area (Å²) in [5.74, 6) is 0.638. The second-order valence-corrected chi connectivity index (χ2v) is 7.43. The molecule has 3 N–H and O–H groups in total. The van der Waals surface area contributed by atoms with Crippen LogP contribution in [0, 0.1) is 5.82 Å². The summed E-state index contributed by atoms with van der Waals surface area (Å²) in [6, 6.07) is 7.88. The molecule has 0 aliphatic carbocycles. The summed E-state index contributed by atoms with van der Waals surface area (Å²) >= 11 is 5.88. The quantitative estimate of drug-likeness (QED) is 0.555. The summed E-state index contributed by atoms with van der Waals surface area (Å²) in [6.45, 7) is 1.17. The third-order valence-electron chi connectivity index (χ3n) is 5.05. The summed E-state index contributed by atoms with van der Waals surface area (Å²) < 4.78 is 18.9. The molecule has 3 aromatic rings. The van der Waals surface area contributed by atoms with Crippen molar-refractivity contribution in [3.63, 3.8) is 0 Å². The van der Waals surface area contributed by atoms with Crippen LogP contribution in [0.2, 0.25) is 5.02 Å². The van der Waals surface area contributed by atoms with Crippen LogP contribution < -0.4 is 20.7 Å². The molecule has 0 radical (unpaired) electrons. The monoisotopic (exact) mass is 429 g/mol. The lowest BCUT2D eigenvalue weighted by Gasteiger charge is -2.15. The number of nitrogens with zero attached hydrogens (tertiary/aromatic N) is 2. The van der Waals surface area contributed by atoms with E-state index in [0.717, 1.165) is 30.3 Å². The Kier molecular flexibility index (Phi) is 5.96. The molecule has 156 valence electrons. The maximum absolute atomic E-state index is 13.5. The van der Waals surface area contributed by atoms with Crippen molar-refractivity contribution in [3.05, 3.63) is 53.1 Å². The van der Waals surface area contributed by atoms with Gasteiger partial charge in [-0.2, -0.15) is 0 Å². The Labute approximate surface area is 178 Å². The highest BCUT2D eigenvalue weighted by molar-refractivity contribution is 6.31. The van der Waals surface area contributed by atoms with Gasteiger partial charge in [-0.15, -0.1) is 0 Å². The number of ether oxygens (including phenoxy) is 1. The normalized spacial score (nSPS) is 15.9. The fraction of sp³-hybridized carbons (Fsp3) is 0.286. The number of rotatable bonds is 6. The standard InChI is InChI=1S/C21H21ClFN5O2/c1-30-19-9-18-14(7-12(19)10-25-21(29)17-3-2-6-24-17)20(27-11-26-18)28-13-4-5-16(23)15(22)8-13/h4-5,7-9,11,17,24H,2-3,6,10H2,1H3,(H,25,29)(H,26,27,28)/t17-/m1/s1. The molecule has 1 saturated heterocycles. The van der Waals surface area contributed by atoms with Crippen LogP contribution in [0.15, 0.2) is 36.7 Å². The average Bonchev–Trinajstić information content (AvgIpc) is 3.29. The van der Waals surface area contributed by atoms with E-state index in [1.807, 2.05) is 6.07 Å². The van der Waals surface area contributed by atoms with Crippen molar-refractivity contribution in [2.45, 2.75) is 25.4 Å². The van der Waals surface area contributed by atoms with E-state index in [-0.39, 0.29) is 17.0 Å². The fourth-order valence-electron chi connectivity index (χ4n) is 3.48. The number of fused-ring (bicyclic) bond motifs is 1. The largest absolute Gasteiger partial charge is 0.496 e. The number of aromatic nitrogens is 2. The zero-order valence-electron chi connectivity index (χ0n) is 16.3. The van der Waals surface area contributed by atoms with Crippen molar-refractivity contribution in [2.24, 2.45) is 0 Å². The summed E-state index contributed by atoms with van der Waals surface area (Å²) in [5, 5.41) is 10.1. The van der Waals surface area contributed by atoms with Crippen molar-refractivity contribution in [1.82, 2.24) is 20.6 Å². The lowest BCUT2D eigenvalue weighted by molar-refractivity contribution is -0.122. The molecule has 1 aliphatic rings. The summed E-state index contributed by atoms with van der Waals surface area (Å²) in [4.78, 5) is 21.0. The molecule has 0 saturated carbocycles. The van der Waals surface area contributed by atoms with Crippen LogP contribution in [0.3, 0.4) is 0 Å². The number of amides is 1. The first-order valence-electron chi connectivity index (χ1n) is 9.60. The van der Waals surface area contributed by atoms with Gasteiger partial charge in [-0.25, -0.2) is 14.4 Å². The number of anilines is 2. The van der Waals surface area contributed by atoms with Crippen molar-refractivity contribution in [3.8, 4) is 5.75 Å². The molecular weight excluding hydrogens is 409 g/mol. The fourth-order valence-corrected chi connectivity index (χ4v) is 3.66. The van der Waals surface area contributed by atoms with Crippen molar-refractivity contribution in [1.29, 1.82) is 0 Å². The highest BCUT2D eigenvalue weighted by Crippen LogP contribution is 2.30. The van der Waals surface area contributed by atoms with Crippen molar-refractivity contribution >= 4 is 39.9 Å². The van der Waals surface area contributed by atoms with Crippen LogP contribution in [-0.2, 0) is 11.3 Å². The predicted octanol–water partition coefficient (Wildman–Crippen LogP) is 3.54. The number of halogens is 2. The number of carbonyl (C=O) groups excluding carboxylic acids is 1. The molecule has 9 heteroatoms. The van der Waals surface area contributed by atoms with E-state index >= 15 is 0 Å². The molecule has 7 nitrogen and oxygen atoms in total. The van der Waals surface area contributed by atoms with Gasteiger partial charge in [0.1, 0.15) is 23.7 Å². The van der Waals surface area contributed by atoms with E-state index in [1.165, 1.54) is 18.5 Å². The first-order chi connectivity index (χ1) is 14.5. The summed E-state index contributed by atoms with van der Waals surface area (Å²) in [6.07, 6.45) is 3.27. The Morgan fingerprint density at radius 3 is 2.93 bits per heavy atom. The predicted molar refractivity (Wildman–Crippen MR) is 114 cm³/mol. The molecule has 30 heavy (non-hydrogen) atoms. The van der Waals surface area contributed by atoms with Gasteiger partial charge in [0.15, 0.2) is 0 Å². The van der Waals surface area contributed by atoms with E-state index in [4.69, 9.17) is 16.3 Å². The Balaban J connectivity index is 1.62. The molecular formula is C21H21ClFN5O2. The molecule has 2 aromatic carbocycles. The zero-order valence-corrected chi connectivity index (χ0v) is 17.1. The van der Waals surface area contributed by atoms with Crippen molar-refractivity contribution < 1.29 is 13.9 Å². The summed E-state index contributed by atoms with van der Waals surface area (Å²) in [5.41, 5.74) is 2.07. The van der Waals surface area contributed by atoms with Gasteiger partial charge >= 0.3 is 0 Å². The van der Waals surface area contributed by atoms with Gasteiger partial charge < -0.3 is 20.7 Å². The van der Waals surface area contributed by atoms with Gasteiger partial charge in [0.25, 0.3) is 0 Å². The second-order valence-electron chi connectivity index (χ2n) is 7.02. The zero-order chi connectivity index (χ0) is 21.1. The minimum Gasteiger partial charge on any atom is -0.496 e. The number of benzene rings is 2. The minimum atomic E-state index is -0.491.